The molecule has 0 atom stereocenters. The first-order valence-electron chi connectivity index (χ1n) is 6.55. The summed E-state index contributed by atoms with van der Waals surface area (Å²) in [6.45, 7) is 0. The van der Waals surface area contributed by atoms with Crippen molar-refractivity contribution < 1.29 is 14.0 Å². The Bertz CT molecular complexity index is 685. The molecule has 2 rings (SSSR count). The van der Waals surface area contributed by atoms with Crippen molar-refractivity contribution in [3.8, 4) is 0 Å². The van der Waals surface area contributed by atoms with Gasteiger partial charge in [0, 0.05) is 25.5 Å². The Hall–Kier alpha value is -2.22. The fourth-order valence-corrected chi connectivity index (χ4v) is 2.60. The van der Waals surface area contributed by atoms with Crippen LogP contribution in [0.15, 0.2) is 29.4 Å². The number of thioether (sulfide) groups is 1. The first kappa shape index (κ1) is 16.2. The van der Waals surface area contributed by atoms with Gasteiger partial charge in [0.2, 0.25) is 5.91 Å². The average molecular weight is 322 g/mol. The number of ketones is 1. The van der Waals surface area contributed by atoms with E-state index in [9.17, 15) is 14.0 Å². The van der Waals surface area contributed by atoms with Gasteiger partial charge in [-0.05, 0) is 24.3 Å². The normalized spacial score (nSPS) is 10.6. The molecule has 0 aliphatic heterocycles. The monoisotopic (exact) mass is 322 g/mol. The fraction of sp³-hybridized carbons (Fsp3) is 0.286. The lowest BCUT2D eigenvalue weighted by atomic mass is 10.1. The molecule has 1 amide bonds. The minimum atomic E-state index is -0.399. The van der Waals surface area contributed by atoms with Crippen molar-refractivity contribution in [2.45, 2.75) is 18.0 Å². The van der Waals surface area contributed by atoms with Gasteiger partial charge < -0.3 is 10.3 Å². The molecule has 1 heterocycles. The number of carbonyl (C=O) groups is 2. The number of nitrogens with zero attached hydrogens (tertiary/aromatic N) is 3. The van der Waals surface area contributed by atoms with Crippen molar-refractivity contribution in [2.75, 3.05) is 5.75 Å². The number of primary amides is 1. The molecule has 0 aliphatic carbocycles. The van der Waals surface area contributed by atoms with Gasteiger partial charge in [-0.15, -0.1) is 10.2 Å². The van der Waals surface area contributed by atoms with Crippen LogP contribution in [-0.2, 0) is 18.3 Å². The summed E-state index contributed by atoms with van der Waals surface area (Å²) >= 11 is 1.24. The molecule has 0 radical (unpaired) electrons. The molecule has 8 heteroatoms. The van der Waals surface area contributed by atoms with Crippen molar-refractivity contribution in [3.05, 3.63) is 41.5 Å². The largest absolute Gasteiger partial charge is 0.370 e. The Balaban J connectivity index is 1.95. The smallest absolute Gasteiger partial charge is 0.217 e. The van der Waals surface area contributed by atoms with Crippen LogP contribution in [-0.4, -0.2) is 32.2 Å². The first-order valence-corrected chi connectivity index (χ1v) is 7.54. The Kier molecular flexibility index (Phi) is 5.26. The van der Waals surface area contributed by atoms with E-state index >= 15 is 0 Å². The number of halogens is 1. The van der Waals surface area contributed by atoms with Gasteiger partial charge in [-0.1, -0.05) is 11.8 Å². The molecular formula is C14H15FN4O2S. The van der Waals surface area contributed by atoms with Gasteiger partial charge in [0.15, 0.2) is 10.9 Å². The maximum atomic E-state index is 12.8. The molecule has 1 aromatic carbocycles. The molecular weight excluding hydrogens is 307 g/mol. The summed E-state index contributed by atoms with van der Waals surface area (Å²) in [5, 5.41) is 8.54. The maximum absolute atomic E-state index is 12.8. The third-order valence-electron chi connectivity index (χ3n) is 3.02. The van der Waals surface area contributed by atoms with Gasteiger partial charge in [0.25, 0.3) is 0 Å². The topological polar surface area (TPSA) is 90.9 Å². The van der Waals surface area contributed by atoms with Crippen LogP contribution in [0, 0.1) is 5.82 Å². The quantitative estimate of drug-likeness (QED) is 0.614. The third kappa shape index (κ3) is 4.14. The van der Waals surface area contributed by atoms with Crippen molar-refractivity contribution in [1.29, 1.82) is 0 Å². The third-order valence-corrected chi connectivity index (χ3v) is 4.04. The second-order valence-electron chi connectivity index (χ2n) is 4.64. The van der Waals surface area contributed by atoms with E-state index in [4.69, 9.17) is 5.73 Å². The molecule has 0 saturated heterocycles. The second-order valence-corrected chi connectivity index (χ2v) is 5.59. The van der Waals surface area contributed by atoms with E-state index in [1.54, 1.807) is 11.6 Å². The lowest BCUT2D eigenvalue weighted by Gasteiger charge is -2.03. The molecule has 116 valence electrons. The summed E-state index contributed by atoms with van der Waals surface area (Å²) < 4.78 is 14.5. The average Bonchev–Trinajstić information content (AvgIpc) is 2.84. The number of Topliss-reactive ketones (excluding diaryl/α,β-unsaturated/α-hetero) is 1. The number of aryl methyl sites for hydroxylation is 1. The van der Waals surface area contributed by atoms with Gasteiger partial charge in [-0.2, -0.15) is 0 Å². The number of nitrogens with two attached hydrogens (primary N) is 1. The molecule has 22 heavy (non-hydrogen) atoms. The van der Waals surface area contributed by atoms with Crippen molar-refractivity contribution >= 4 is 23.5 Å². The predicted molar refractivity (Wildman–Crippen MR) is 80.0 cm³/mol. The number of carbonyl (C=O) groups excluding carboxylic acids is 2. The number of aromatic nitrogens is 3. The molecule has 0 unspecified atom stereocenters. The summed E-state index contributed by atoms with van der Waals surface area (Å²) in [7, 11) is 1.76. The summed E-state index contributed by atoms with van der Waals surface area (Å²) in [6, 6.07) is 5.41. The molecule has 0 saturated carbocycles. The van der Waals surface area contributed by atoms with Crippen LogP contribution in [0.1, 0.15) is 22.6 Å². The highest BCUT2D eigenvalue weighted by Crippen LogP contribution is 2.18. The zero-order chi connectivity index (χ0) is 16.1. The van der Waals surface area contributed by atoms with Crippen molar-refractivity contribution in [2.24, 2.45) is 12.8 Å². The van der Waals surface area contributed by atoms with E-state index < -0.39 is 5.91 Å². The van der Waals surface area contributed by atoms with Crippen LogP contribution in [0.25, 0.3) is 0 Å². The predicted octanol–water partition coefficient (Wildman–Crippen LogP) is 1.35. The highest BCUT2D eigenvalue weighted by molar-refractivity contribution is 7.99. The lowest BCUT2D eigenvalue weighted by Crippen LogP contribution is -2.13. The van der Waals surface area contributed by atoms with Crippen LogP contribution >= 0.6 is 11.8 Å². The van der Waals surface area contributed by atoms with Gasteiger partial charge in [0.05, 0.1) is 5.75 Å². The van der Waals surface area contributed by atoms with Crippen LogP contribution in [0.3, 0.4) is 0 Å². The van der Waals surface area contributed by atoms with E-state index in [2.05, 4.69) is 10.2 Å². The standard InChI is InChI=1S/C14H15FN4O2S/c1-19-13(7-6-12(16)21)17-18-14(19)22-8-11(20)9-2-4-10(15)5-3-9/h2-5H,6-8H2,1H3,(H2,16,21). The molecule has 1 aromatic heterocycles. The number of rotatable bonds is 7. The van der Waals surface area contributed by atoms with E-state index in [0.29, 0.717) is 23.0 Å². The summed E-state index contributed by atoms with van der Waals surface area (Å²) in [4.78, 5) is 22.8. The van der Waals surface area contributed by atoms with Gasteiger partial charge in [-0.3, -0.25) is 9.59 Å². The first-order chi connectivity index (χ1) is 10.5. The Morgan fingerprint density at radius 1 is 1.27 bits per heavy atom. The van der Waals surface area contributed by atoms with Gasteiger partial charge >= 0.3 is 0 Å². The van der Waals surface area contributed by atoms with Crippen LogP contribution in [0.4, 0.5) is 4.39 Å². The summed E-state index contributed by atoms with van der Waals surface area (Å²) in [5.74, 6) is -0.0875. The van der Waals surface area contributed by atoms with E-state index in [-0.39, 0.29) is 23.8 Å². The van der Waals surface area contributed by atoms with Crippen molar-refractivity contribution in [3.63, 3.8) is 0 Å². The van der Waals surface area contributed by atoms with E-state index in [1.165, 1.54) is 36.0 Å². The summed E-state index contributed by atoms with van der Waals surface area (Å²) in [5.41, 5.74) is 5.55. The number of amides is 1. The molecule has 0 fully saturated rings. The Morgan fingerprint density at radius 3 is 2.59 bits per heavy atom. The highest BCUT2D eigenvalue weighted by atomic mass is 32.2. The van der Waals surface area contributed by atoms with E-state index in [0.717, 1.165) is 0 Å². The molecule has 2 N–H and O–H groups in total. The second kappa shape index (κ2) is 7.17. The van der Waals surface area contributed by atoms with Crippen LogP contribution < -0.4 is 5.73 Å². The Labute approximate surface area is 130 Å². The zero-order valence-corrected chi connectivity index (χ0v) is 12.8. The van der Waals surface area contributed by atoms with Crippen LogP contribution in [0.2, 0.25) is 0 Å². The molecule has 2 aromatic rings. The highest BCUT2D eigenvalue weighted by Gasteiger charge is 2.13. The molecule has 0 aliphatic rings. The molecule has 6 nitrogen and oxygen atoms in total. The van der Waals surface area contributed by atoms with Gasteiger partial charge in [-0.25, -0.2) is 4.39 Å². The van der Waals surface area contributed by atoms with Crippen LogP contribution in [0.5, 0.6) is 0 Å². The minimum Gasteiger partial charge on any atom is -0.370 e. The van der Waals surface area contributed by atoms with Crippen molar-refractivity contribution in [1.82, 2.24) is 14.8 Å². The molecule has 0 spiro atoms. The number of hydrogen-bond donors (Lipinski definition) is 1. The lowest BCUT2D eigenvalue weighted by molar-refractivity contribution is -0.118. The number of benzene rings is 1. The number of hydrogen-bond acceptors (Lipinski definition) is 5. The summed E-state index contributed by atoms with van der Waals surface area (Å²) in [6.07, 6.45) is 0.608. The Morgan fingerprint density at radius 2 is 1.95 bits per heavy atom. The maximum Gasteiger partial charge on any atom is 0.217 e. The van der Waals surface area contributed by atoms with E-state index in [1.807, 2.05) is 0 Å². The molecule has 0 bridgehead atoms. The SMILES string of the molecule is Cn1c(CCC(N)=O)nnc1SCC(=O)c1ccc(F)cc1. The van der Waals surface area contributed by atoms with Gasteiger partial charge in [0.1, 0.15) is 11.6 Å². The zero-order valence-electron chi connectivity index (χ0n) is 12.0. The minimum absolute atomic E-state index is 0.119. The fourth-order valence-electron chi connectivity index (χ4n) is 1.77.